The number of alkyl halides is 1. The number of carbonyl (C=O) groups excluding carboxylic acids is 2. The van der Waals surface area contributed by atoms with Crippen molar-refractivity contribution >= 4 is 29.5 Å². The van der Waals surface area contributed by atoms with E-state index in [9.17, 15) is 14.0 Å². The molecule has 1 aromatic carbocycles. The molecule has 230 valence electrons. The van der Waals surface area contributed by atoms with Gasteiger partial charge < -0.3 is 20.3 Å². The molecule has 2 fully saturated rings. The highest BCUT2D eigenvalue weighted by molar-refractivity contribution is 6.04. The number of hydrogen-bond acceptors (Lipinski definition) is 9. The van der Waals surface area contributed by atoms with Crippen molar-refractivity contribution in [2.24, 2.45) is 0 Å². The van der Waals surface area contributed by atoms with Crippen LogP contribution in [-0.2, 0) is 9.53 Å². The molecule has 2 saturated heterocycles. The topological polar surface area (TPSA) is 116 Å². The van der Waals surface area contributed by atoms with Crippen LogP contribution in [-0.4, -0.2) is 95.3 Å². The summed E-state index contributed by atoms with van der Waals surface area (Å²) in [7, 11) is 2.11. The number of piperazine rings is 1. The molecule has 0 bridgehead atoms. The lowest BCUT2D eigenvalue weighted by Crippen LogP contribution is -2.44. The van der Waals surface area contributed by atoms with E-state index in [1.165, 1.54) is 18.0 Å². The molecule has 12 heteroatoms. The van der Waals surface area contributed by atoms with Crippen molar-refractivity contribution in [3.8, 4) is 23.0 Å². The Morgan fingerprint density at radius 2 is 1.95 bits per heavy atom. The number of halogens is 1. The van der Waals surface area contributed by atoms with Crippen LogP contribution in [0.2, 0.25) is 0 Å². The lowest BCUT2D eigenvalue weighted by Gasteiger charge is -2.30. The van der Waals surface area contributed by atoms with Gasteiger partial charge in [-0.3, -0.25) is 19.6 Å². The van der Waals surface area contributed by atoms with Crippen LogP contribution >= 0.6 is 0 Å². The first-order chi connectivity index (χ1) is 21.2. The number of ether oxygens (including phenoxy) is 1. The molecular formula is C32H37FN8O3. The number of rotatable bonds is 8. The zero-order valence-corrected chi connectivity index (χ0v) is 25.4. The largest absolute Gasteiger partial charge is 0.447 e. The van der Waals surface area contributed by atoms with E-state index in [2.05, 4.69) is 54.3 Å². The first kappa shape index (κ1) is 30.8. The molecule has 2 aliphatic rings. The fourth-order valence-corrected chi connectivity index (χ4v) is 5.14. The van der Waals surface area contributed by atoms with Gasteiger partial charge in [-0.25, -0.2) is 14.2 Å². The van der Waals surface area contributed by atoms with Crippen LogP contribution < -0.4 is 15.5 Å². The lowest BCUT2D eigenvalue weighted by atomic mass is 10.0. The van der Waals surface area contributed by atoms with E-state index in [-0.39, 0.29) is 30.3 Å². The van der Waals surface area contributed by atoms with Gasteiger partial charge in [-0.15, -0.1) is 0 Å². The molecule has 2 amide bonds. The Balaban J connectivity index is 1.22. The average Bonchev–Trinajstić information content (AvgIpc) is 3.40. The summed E-state index contributed by atoms with van der Waals surface area (Å²) < 4.78 is 19.1. The third kappa shape index (κ3) is 7.48. The molecule has 5 rings (SSSR count). The molecule has 11 nitrogen and oxygen atoms in total. The maximum atomic E-state index is 14.1. The van der Waals surface area contributed by atoms with Crippen LogP contribution in [0.5, 0.6) is 0 Å². The molecule has 0 saturated carbocycles. The number of likely N-dealkylation sites (N-methyl/N-ethyl adjacent to an activating group) is 1. The van der Waals surface area contributed by atoms with E-state index in [0.29, 0.717) is 12.2 Å². The number of pyridine rings is 1. The predicted molar refractivity (Wildman–Crippen MR) is 167 cm³/mol. The van der Waals surface area contributed by atoms with Crippen molar-refractivity contribution in [3.05, 3.63) is 60.0 Å². The summed E-state index contributed by atoms with van der Waals surface area (Å²) in [6, 6.07) is 10.1. The van der Waals surface area contributed by atoms with Crippen molar-refractivity contribution in [2.45, 2.75) is 39.0 Å². The van der Waals surface area contributed by atoms with Gasteiger partial charge in [-0.05, 0) is 69.1 Å². The van der Waals surface area contributed by atoms with Gasteiger partial charge in [0.1, 0.15) is 24.6 Å². The Morgan fingerprint density at radius 3 is 2.70 bits per heavy atom. The minimum Gasteiger partial charge on any atom is -0.447 e. The molecule has 3 atom stereocenters. The van der Waals surface area contributed by atoms with Crippen molar-refractivity contribution in [2.75, 3.05) is 61.9 Å². The molecule has 4 heterocycles. The van der Waals surface area contributed by atoms with Crippen molar-refractivity contribution in [3.63, 3.8) is 0 Å². The van der Waals surface area contributed by atoms with E-state index in [1.807, 2.05) is 44.2 Å². The number of carbonyl (C=O) groups is 2. The fourth-order valence-electron chi connectivity index (χ4n) is 5.14. The average molecular weight is 601 g/mol. The SMILES string of the molecule is Cc1cc([C@H](C)Nc2nccc(N3C(=O)OC[C@@H]3[C@H](C)F)n2)ncc1-c1cccc(NC(=O)C#CCN2CCN(C)CC2)c1. The second-order valence-electron chi connectivity index (χ2n) is 11.1. The van der Waals surface area contributed by atoms with Gasteiger partial charge in [0.05, 0.1) is 18.3 Å². The Morgan fingerprint density at radius 1 is 1.16 bits per heavy atom. The standard InChI is InChI=1S/C32H37FN8O3/c1-21-17-27(23(3)36-31-34-11-10-29(38-31)41-28(22(2)33)20-44-32(41)43)35-19-26(21)24-7-5-8-25(18-24)37-30(42)9-6-12-40-15-13-39(4)14-16-40/h5,7-8,10-11,17-19,22-23,28H,12-16,20H2,1-4H3,(H,37,42)(H,34,36,38)/t22-,23-,28+/m0/s1. The van der Waals surface area contributed by atoms with Crippen LogP contribution in [0.3, 0.4) is 0 Å². The number of cyclic esters (lactones) is 1. The summed E-state index contributed by atoms with van der Waals surface area (Å²) >= 11 is 0. The number of nitrogens with zero attached hydrogens (tertiary/aromatic N) is 6. The Hall–Kier alpha value is -4.60. The third-order valence-corrected chi connectivity index (χ3v) is 7.78. The van der Waals surface area contributed by atoms with E-state index in [1.54, 1.807) is 12.3 Å². The molecule has 3 aromatic rings. The van der Waals surface area contributed by atoms with Gasteiger partial charge in [-0.1, -0.05) is 18.1 Å². The molecule has 2 N–H and O–H groups in total. The van der Waals surface area contributed by atoms with Gasteiger partial charge in [0, 0.05) is 49.8 Å². The summed E-state index contributed by atoms with van der Waals surface area (Å²) in [5.41, 5.74) is 4.25. The van der Waals surface area contributed by atoms with Gasteiger partial charge >= 0.3 is 6.09 Å². The monoisotopic (exact) mass is 600 g/mol. The van der Waals surface area contributed by atoms with Crippen LogP contribution in [0.15, 0.2) is 48.8 Å². The van der Waals surface area contributed by atoms with Crippen molar-refractivity contribution in [1.82, 2.24) is 24.8 Å². The van der Waals surface area contributed by atoms with Crippen LogP contribution in [0, 0.1) is 18.8 Å². The minimum absolute atomic E-state index is 0.0320. The van der Waals surface area contributed by atoms with Gasteiger partial charge in [0.2, 0.25) is 5.95 Å². The second kappa shape index (κ2) is 13.8. The molecule has 2 aromatic heterocycles. The molecule has 0 spiro atoms. The molecular weight excluding hydrogens is 563 g/mol. The predicted octanol–water partition coefficient (Wildman–Crippen LogP) is 3.89. The Kier molecular flexibility index (Phi) is 9.67. The Labute approximate surface area is 256 Å². The van der Waals surface area contributed by atoms with Crippen LogP contribution in [0.1, 0.15) is 31.1 Å². The van der Waals surface area contributed by atoms with Crippen LogP contribution in [0.4, 0.5) is 26.6 Å². The van der Waals surface area contributed by atoms with Crippen molar-refractivity contribution < 1.29 is 18.7 Å². The highest BCUT2D eigenvalue weighted by atomic mass is 19.1. The van der Waals surface area contributed by atoms with Crippen molar-refractivity contribution in [1.29, 1.82) is 0 Å². The Bertz CT molecular complexity index is 1560. The maximum absolute atomic E-state index is 14.1. The van der Waals surface area contributed by atoms with E-state index >= 15 is 0 Å². The number of anilines is 3. The number of benzene rings is 1. The first-order valence-corrected chi connectivity index (χ1v) is 14.7. The number of aromatic nitrogens is 3. The zero-order valence-electron chi connectivity index (χ0n) is 25.4. The summed E-state index contributed by atoms with van der Waals surface area (Å²) in [6.45, 7) is 9.78. The normalized spacial score (nSPS) is 18.6. The molecule has 0 aliphatic carbocycles. The fraction of sp³-hybridized carbons (Fsp3) is 0.406. The molecule has 0 unspecified atom stereocenters. The zero-order chi connectivity index (χ0) is 31.2. The summed E-state index contributed by atoms with van der Waals surface area (Å²) in [6.07, 6.45) is 1.39. The highest BCUT2D eigenvalue weighted by Gasteiger charge is 2.39. The number of amides is 2. The quantitative estimate of drug-likeness (QED) is 0.372. The van der Waals surface area contributed by atoms with E-state index in [0.717, 1.165) is 48.6 Å². The second-order valence-corrected chi connectivity index (χ2v) is 11.1. The van der Waals surface area contributed by atoms with Crippen LogP contribution in [0.25, 0.3) is 11.1 Å². The van der Waals surface area contributed by atoms with E-state index in [4.69, 9.17) is 4.74 Å². The van der Waals surface area contributed by atoms with Gasteiger partial charge in [0.25, 0.3) is 5.91 Å². The molecule has 2 aliphatic heterocycles. The number of nitrogens with one attached hydrogen (secondary N) is 2. The maximum Gasteiger partial charge on any atom is 0.416 e. The van der Waals surface area contributed by atoms with E-state index < -0.39 is 18.3 Å². The number of hydrogen-bond donors (Lipinski definition) is 2. The lowest BCUT2D eigenvalue weighted by molar-refractivity contribution is -0.111. The minimum atomic E-state index is -1.28. The molecule has 0 radical (unpaired) electrons. The smallest absolute Gasteiger partial charge is 0.416 e. The summed E-state index contributed by atoms with van der Waals surface area (Å²) in [5.74, 6) is 5.89. The summed E-state index contributed by atoms with van der Waals surface area (Å²) in [5, 5.41) is 6.09. The highest BCUT2D eigenvalue weighted by Crippen LogP contribution is 2.29. The third-order valence-electron chi connectivity index (χ3n) is 7.78. The van der Waals surface area contributed by atoms with Gasteiger partial charge in [0.15, 0.2) is 0 Å². The number of aryl methyl sites for hydroxylation is 1. The molecule has 44 heavy (non-hydrogen) atoms. The summed E-state index contributed by atoms with van der Waals surface area (Å²) in [4.78, 5) is 43.8. The first-order valence-electron chi connectivity index (χ1n) is 14.7. The van der Waals surface area contributed by atoms with Gasteiger partial charge in [-0.2, -0.15) is 4.98 Å².